The lowest BCUT2D eigenvalue weighted by atomic mass is 9.92. The first-order chi connectivity index (χ1) is 13.8. The number of nitrogens with zero attached hydrogens (tertiary/aromatic N) is 1. The maximum Gasteiger partial charge on any atom is 0.410 e. The first-order valence-electron chi connectivity index (χ1n) is 9.07. The third-order valence-electron chi connectivity index (χ3n) is 5.11. The summed E-state index contributed by atoms with van der Waals surface area (Å²) in [6.45, 7) is 0.279. The molecule has 1 fully saturated rings. The minimum atomic E-state index is -3.85. The fourth-order valence-corrected chi connectivity index (χ4v) is 4.07. The Labute approximate surface area is 169 Å². The van der Waals surface area contributed by atoms with E-state index < -0.39 is 10.0 Å². The van der Waals surface area contributed by atoms with Crippen LogP contribution in [0.4, 0.5) is 4.79 Å². The Bertz CT molecular complexity index is 1180. The minimum Gasteiger partial charge on any atom is -0.447 e. The van der Waals surface area contributed by atoms with Crippen molar-refractivity contribution < 1.29 is 17.9 Å². The summed E-state index contributed by atoms with van der Waals surface area (Å²) >= 11 is 0. The largest absolute Gasteiger partial charge is 0.447 e. The highest BCUT2D eigenvalue weighted by molar-refractivity contribution is 7.89. The van der Waals surface area contributed by atoms with Crippen LogP contribution in [-0.2, 0) is 14.8 Å². The standard InChI is InChI=1S/C22H20N2O4S/c1-24-21(14-28-22(24)25)17-9-5-8-16(12-17)20-13-18(29(23,26)27)10-11-19(20)15-6-3-2-4-7-15/h2-13,21H,14H2,1H3,(H2,23,26,27). The summed E-state index contributed by atoms with van der Waals surface area (Å²) in [6.07, 6.45) is -0.360. The smallest absolute Gasteiger partial charge is 0.410 e. The highest BCUT2D eigenvalue weighted by Gasteiger charge is 2.31. The van der Waals surface area contributed by atoms with Gasteiger partial charge in [0.05, 0.1) is 10.9 Å². The highest BCUT2D eigenvalue weighted by Crippen LogP contribution is 2.36. The van der Waals surface area contributed by atoms with Gasteiger partial charge in [-0.2, -0.15) is 0 Å². The van der Waals surface area contributed by atoms with Crippen LogP contribution in [0.3, 0.4) is 0 Å². The molecule has 1 amide bonds. The molecule has 0 spiro atoms. The molecule has 0 radical (unpaired) electrons. The van der Waals surface area contributed by atoms with Gasteiger partial charge in [-0.25, -0.2) is 18.4 Å². The summed E-state index contributed by atoms with van der Waals surface area (Å²) < 4.78 is 29.0. The van der Waals surface area contributed by atoms with Gasteiger partial charge in [0.2, 0.25) is 10.0 Å². The molecular weight excluding hydrogens is 388 g/mol. The molecule has 1 aliphatic rings. The molecule has 1 aliphatic heterocycles. The quantitative estimate of drug-likeness (QED) is 0.711. The average molecular weight is 408 g/mol. The zero-order valence-electron chi connectivity index (χ0n) is 15.8. The second-order valence-electron chi connectivity index (χ2n) is 6.95. The molecule has 4 rings (SSSR count). The Balaban J connectivity index is 1.87. The van der Waals surface area contributed by atoms with E-state index in [-0.39, 0.29) is 23.6 Å². The van der Waals surface area contributed by atoms with Crippen molar-refractivity contribution in [2.24, 2.45) is 5.14 Å². The van der Waals surface area contributed by atoms with Gasteiger partial charge in [0, 0.05) is 7.05 Å². The van der Waals surface area contributed by atoms with Crippen molar-refractivity contribution in [3.8, 4) is 22.3 Å². The number of hydrogen-bond donors (Lipinski definition) is 1. The number of primary sulfonamides is 1. The molecule has 1 saturated heterocycles. The second kappa shape index (κ2) is 7.35. The summed E-state index contributed by atoms with van der Waals surface area (Å²) in [4.78, 5) is 13.3. The van der Waals surface area contributed by atoms with Crippen molar-refractivity contribution >= 4 is 16.1 Å². The number of likely N-dealkylation sites (N-methyl/N-ethyl adjacent to an activating group) is 1. The first kappa shape index (κ1) is 19.2. The van der Waals surface area contributed by atoms with E-state index in [1.165, 1.54) is 6.07 Å². The molecule has 1 heterocycles. The molecule has 148 valence electrons. The van der Waals surface area contributed by atoms with Crippen molar-refractivity contribution in [3.05, 3.63) is 78.4 Å². The minimum absolute atomic E-state index is 0.0501. The van der Waals surface area contributed by atoms with Crippen molar-refractivity contribution in [1.29, 1.82) is 0 Å². The number of amides is 1. The summed E-state index contributed by atoms with van der Waals surface area (Å²) in [7, 11) is -2.15. The van der Waals surface area contributed by atoms with Crippen LogP contribution in [0.25, 0.3) is 22.3 Å². The summed E-state index contributed by atoms with van der Waals surface area (Å²) in [6, 6.07) is 22.1. The third kappa shape index (κ3) is 3.74. The van der Waals surface area contributed by atoms with Gasteiger partial charge in [0.1, 0.15) is 6.61 Å². The summed E-state index contributed by atoms with van der Waals surface area (Å²) in [5, 5.41) is 5.37. The fourth-order valence-electron chi connectivity index (χ4n) is 3.53. The Hall–Kier alpha value is -3.16. The predicted octanol–water partition coefficient (Wildman–Crippen LogP) is 3.79. The maximum atomic E-state index is 11.9. The van der Waals surface area contributed by atoms with E-state index in [1.54, 1.807) is 24.1 Å². The number of carbonyl (C=O) groups is 1. The van der Waals surface area contributed by atoms with Gasteiger partial charge in [-0.3, -0.25) is 0 Å². The van der Waals surface area contributed by atoms with Gasteiger partial charge in [0.15, 0.2) is 0 Å². The lowest BCUT2D eigenvalue weighted by Crippen LogP contribution is -2.22. The van der Waals surface area contributed by atoms with Gasteiger partial charge >= 0.3 is 6.09 Å². The van der Waals surface area contributed by atoms with Crippen LogP contribution in [0.15, 0.2) is 77.7 Å². The monoisotopic (exact) mass is 408 g/mol. The number of benzene rings is 3. The lowest BCUT2D eigenvalue weighted by molar-refractivity contribution is 0.163. The summed E-state index contributed by atoms with van der Waals surface area (Å²) in [5.74, 6) is 0. The third-order valence-corrected chi connectivity index (χ3v) is 6.02. The molecule has 0 aliphatic carbocycles. The van der Waals surface area contributed by atoms with E-state index in [0.717, 1.165) is 27.8 Å². The molecule has 0 saturated carbocycles. The molecule has 6 nitrogen and oxygen atoms in total. The zero-order valence-corrected chi connectivity index (χ0v) is 16.6. The fraction of sp³-hybridized carbons (Fsp3) is 0.136. The topological polar surface area (TPSA) is 89.7 Å². The van der Waals surface area contributed by atoms with Gasteiger partial charge < -0.3 is 9.64 Å². The molecule has 1 unspecified atom stereocenters. The number of carbonyl (C=O) groups excluding carboxylic acids is 1. The van der Waals surface area contributed by atoms with Crippen LogP contribution in [0.5, 0.6) is 0 Å². The van der Waals surface area contributed by atoms with E-state index >= 15 is 0 Å². The van der Waals surface area contributed by atoms with E-state index in [1.807, 2.05) is 54.6 Å². The lowest BCUT2D eigenvalue weighted by Gasteiger charge is -2.18. The van der Waals surface area contributed by atoms with Gasteiger partial charge in [-0.15, -0.1) is 0 Å². The van der Waals surface area contributed by atoms with Crippen molar-refractivity contribution in [2.45, 2.75) is 10.9 Å². The Morgan fingerprint density at radius 2 is 1.66 bits per heavy atom. The van der Waals surface area contributed by atoms with E-state index in [0.29, 0.717) is 0 Å². The number of rotatable bonds is 4. The van der Waals surface area contributed by atoms with Crippen LogP contribution < -0.4 is 5.14 Å². The van der Waals surface area contributed by atoms with Gasteiger partial charge in [-0.05, 0) is 46.0 Å². The zero-order chi connectivity index (χ0) is 20.6. The van der Waals surface area contributed by atoms with Crippen LogP contribution in [-0.4, -0.2) is 33.1 Å². The Kier molecular flexibility index (Phi) is 4.86. The maximum absolute atomic E-state index is 11.9. The molecule has 7 heteroatoms. The number of nitrogens with two attached hydrogens (primary N) is 1. The van der Waals surface area contributed by atoms with Crippen molar-refractivity contribution in [1.82, 2.24) is 4.90 Å². The molecule has 0 bridgehead atoms. The van der Waals surface area contributed by atoms with E-state index in [2.05, 4.69) is 0 Å². The van der Waals surface area contributed by atoms with Crippen molar-refractivity contribution in [2.75, 3.05) is 13.7 Å². The van der Waals surface area contributed by atoms with Crippen LogP contribution >= 0.6 is 0 Å². The SMILES string of the molecule is CN1C(=O)OCC1c1cccc(-c2cc(S(N)(=O)=O)ccc2-c2ccccc2)c1. The highest BCUT2D eigenvalue weighted by atomic mass is 32.2. The van der Waals surface area contributed by atoms with Crippen molar-refractivity contribution in [3.63, 3.8) is 0 Å². The van der Waals surface area contributed by atoms with Crippen LogP contribution in [0.1, 0.15) is 11.6 Å². The first-order valence-corrected chi connectivity index (χ1v) is 10.6. The van der Waals surface area contributed by atoms with Crippen LogP contribution in [0, 0.1) is 0 Å². The molecule has 29 heavy (non-hydrogen) atoms. The van der Waals surface area contributed by atoms with Gasteiger partial charge in [-0.1, -0.05) is 54.6 Å². The number of ether oxygens (including phenoxy) is 1. The molecule has 3 aromatic carbocycles. The average Bonchev–Trinajstić information content (AvgIpc) is 3.06. The van der Waals surface area contributed by atoms with E-state index in [4.69, 9.17) is 9.88 Å². The number of cyclic esters (lactones) is 1. The number of sulfonamides is 1. The van der Waals surface area contributed by atoms with Crippen LogP contribution in [0.2, 0.25) is 0 Å². The number of hydrogen-bond acceptors (Lipinski definition) is 4. The molecule has 2 N–H and O–H groups in total. The molecule has 0 aromatic heterocycles. The Morgan fingerprint density at radius 3 is 2.31 bits per heavy atom. The van der Waals surface area contributed by atoms with Gasteiger partial charge in [0.25, 0.3) is 0 Å². The van der Waals surface area contributed by atoms with E-state index in [9.17, 15) is 13.2 Å². The normalized spacial score (nSPS) is 16.7. The molecule has 1 atom stereocenters. The molecule has 3 aromatic rings. The second-order valence-corrected chi connectivity index (χ2v) is 8.51. The predicted molar refractivity (Wildman–Crippen MR) is 111 cm³/mol. The summed E-state index contributed by atoms with van der Waals surface area (Å²) in [5.41, 5.74) is 4.35. The molecular formula is C22H20N2O4S. The Morgan fingerprint density at radius 1 is 0.931 bits per heavy atom.